The molecule has 7 nitrogen and oxygen atoms in total. The van der Waals surface area contributed by atoms with Gasteiger partial charge in [-0.05, 0) is 6.92 Å². The normalized spacial score (nSPS) is 10.2. The molecule has 0 radical (unpaired) electrons. The molecule has 3 N–H and O–H groups in total. The first-order valence-corrected chi connectivity index (χ1v) is 4.67. The third-order valence-corrected chi connectivity index (χ3v) is 1.93. The predicted molar refractivity (Wildman–Crippen MR) is 57.9 cm³/mol. The number of nitrogens with zero attached hydrogens (tertiary/aromatic N) is 4. The van der Waals surface area contributed by atoms with Crippen LogP contribution in [-0.4, -0.2) is 19.7 Å². The Morgan fingerprint density at radius 2 is 2.31 bits per heavy atom. The van der Waals surface area contributed by atoms with Gasteiger partial charge < -0.3 is 4.74 Å². The molecule has 0 spiro atoms. The zero-order chi connectivity index (χ0) is 11.5. The molecule has 0 amide bonds. The van der Waals surface area contributed by atoms with Gasteiger partial charge >= 0.3 is 0 Å². The number of nitrogens with two attached hydrogens (primary N) is 1. The number of nitrogen functional groups attached to an aromatic ring is 1. The third kappa shape index (κ3) is 2.09. The first-order chi connectivity index (χ1) is 7.69. The lowest BCUT2D eigenvalue weighted by molar-refractivity contribution is 0.415. The van der Waals surface area contributed by atoms with E-state index in [0.29, 0.717) is 17.7 Å². The minimum absolute atomic E-state index is 0.302. The van der Waals surface area contributed by atoms with Crippen LogP contribution in [0.3, 0.4) is 0 Å². The summed E-state index contributed by atoms with van der Waals surface area (Å²) in [5, 5.41) is 4.16. The number of ether oxygens (including phenoxy) is 1. The van der Waals surface area contributed by atoms with Crippen molar-refractivity contribution in [3.8, 4) is 11.8 Å². The summed E-state index contributed by atoms with van der Waals surface area (Å²) in [7, 11) is 1.80. The average molecular weight is 220 g/mol. The molecular formula is C9H12N6O. The lowest BCUT2D eigenvalue weighted by Gasteiger charge is -2.04. The van der Waals surface area contributed by atoms with E-state index in [1.807, 2.05) is 13.0 Å². The van der Waals surface area contributed by atoms with E-state index in [0.717, 1.165) is 5.69 Å². The Balaban J connectivity index is 2.23. The highest BCUT2D eigenvalue weighted by molar-refractivity contribution is 5.28. The number of hydrogen-bond acceptors (Lipinski definition) is 6. The number of aromatic nitrogens is 4. The van der Waals surface area contributed by atoms with E-state index >= 15 is 0 Å². The number of hydrazine groups is 1. The second-order valence-corrected chi connectivity index (χ2v) is 3.21. The molecule has 0 aliphatic carbocycles. The van der Waals surface area contributed by atoms with Crippen molar-refractivity contribution in [2.24, 2.45) is 12.9 Å². The number of anilines is 1. The molecule has 0 unspecified atom stereocenters. The molecule has 16 heavy (non-hydrogen) atoms. The monoisotopic (exact) mass is 220 g/mol. The fourth-order valence-corrected chi connectivity index (χ4v) is 1.26. The second-order valence-electron chi connectivity index (χ2n) is 3.21. The Hall–Kier alpha value is -2.15. The van der Waals surface area contributed by atoms with Crippen LogP contribution >= 0.6 is 0 Å². The predicted octanol–water partition coefficient (Wildman–Crippen LogP) is 0.596. The van der Waals surface area contributed by atoms with Crippen LogP contribution in [0.2, 0.25) is 0 Å². The highest BCUT2D eigenvalue weighted by atomic mass is 16.5. The molecule has 0 aliphatic heterocycles. The summed E-state index contributed by atoms with van der Waals surface area (Å²) in [6, 6.07) is 3.46. The van der Waals surface area contributed by atoms with Gasteiger partial charge in [0.05, 0.1) is 5.69 Å². The minimum Gasteiger partial charge on any atom is -0.421 e. The molecule has 2 rings (SSSR count). The average Bonchev–Trinajstić information content (AvgIpc) is 2.58. The number of aryl methyl sites for hydroxylation is 2. The first-order valence-electron chi connectivity index (χ1n) is 4.67. The van der Waals surface area contributed by atoms with E-state index in [2.05, 4.69) is 20.5 Å². The Morgan fingerprint density at radius 1 is 1.50 bits per heavy atom. The van der Waals surface area contributed by atoms with Gasteiger partial charge in [0.1, 0.15) is 0 Å². The van der Waals surface area contributed by atoms with Crippen LogP contribution in [0.15, 0.2) is 18.3 Å². The number of nitrogens with one attached hydrogen (secondary N) is 1. The van der Waals surface area contributed by atoms with E-state index in [1.165, 1.54) is 0 Å². The molecular weight excluding hydrogens is 208 g/mol. The van der Waals surface area contributed by atoms with E-state index in [-0.39, 0.29) is 0 Å². The van der Waals surface area contributed by atoms with Gasteiger partial charge in [-0.2, -0.15) is 10.1 Å². The molecule has 2 aromatic heterocycles. The van der Waals surface area contributed by atoms with Gasteiger partial charge in [0.2, 0.25) is 17.7 Å². The topological polar surface area (TPSA) is 90.9 Å². The Bertz CT molecular complexity index is 494. The highest BCUT2D eigenvalue weighted by Crippen LogP contribution is 2.19. The molecule has 2 aromatic rings. The lowest BCUT2D eigenvalue weighted by atomic mass is 10.5. The van der Waals surface area contributed by atoms with Crippen LogP contribution in [0.25, 0.3) is 0 Å². The second kappa shape index (κ2) is 4.15. The maximum absolute atomic E-state index is 5.53. The summed E-state index contributed by atoms with van der Waals surface area (Å²) in [5.41, 5.74) is 3.23. The summed E-state index contributed by atoms with van der Waals surface area (Å²) in [6.07, 6.45) is 1.56. The fourth-order valence-electron chi connectivity index (χ4n) is 1.26. The van der Waals surface area contributed by atoms with Gasteiger partial charge in [-0.15, -0.1) is 0 Å². The molecule has 2 heterocycles. The first kappa shape index (κ1) is 10.4. The summed E-state index contributed by atoms with van der Waals surface area (Å²) in [6.45, 7) is 1.89. The van der Waals surface area contributed by atoms with Crippen LogP contribution in [0.4, 0.5) is 5.95 Å². The van der Waals surface area contributed by atoms with Crippen molar-refractivity contribution in [2.45, 2.75) is 6.92 Å². The van der Waals surface area contributed by atoms with Crippen LogP contribution in [-0.2, 0) is 7.05 Å². The van der Waals surface area contributed by atoms with E-state index in [9.17, 15) is 0 Å². The van der Waals surface area contributed by atoms with Crippen molar-refractivity contribution in [1.29, 1.82) is 0 Å². The van der Waals surface area contributed by atoms with Crippen LogP contribution in [0.5, 0.6) is 11.8 Å². The summed E-state index contributed by atoms with van der Waals surface area (Å²) in [5.74, 6) is 6.52. The van der Waals surface area contributed by atoms with Crippen molar-refractivity contribution < 1.29 is 4.74 Å². The van der Waals surface area contributed by atoms with E-state index in [4.69, 9.17) is 10.6 Å². The van der Waals surface area contributed by atoms with Crippen molar-refractivity contribution in [2.75, 3.05) is 5.43 Å². The number of hydrogen-bond donors (Lipinski definition) is 2. The summed E-state index contributed by atoms with van der Waals surface area (Å²) < 4.78 is 7.16. The fraction of sp³-hybridized carbons (Fsp3) is 0.222. The van der Waals surface area contributed by atoms with Gasteiger partial charge in [-0.3, -0.25) is 5.43 Å². The van der Waals surface area contributed by atoms with Gasteiger partial charge in [-0.25, -0.2) is 15.5 Å². The Labute approximate surface area is 92.2 Å². The highest BCUT2D eigenvalue weighted by Gasteiger charge is 2.06. The van der Waals surface area contributed by atoms with E-state index in [1.54, 1.807) is 24.0 Å². The van der Waals surface area contributed by atoms with Crippen molar-refractivity contribution in [3.05, 3.63) is 24.0 Å². The molecule has 84 valence electrons. The minimum atomic E-state index is 0.302. The molecule has 7 heteroatoms. The molecule has 0 fully saturated rings. The van der Waals surface area contributed by atoms with Gasteiger partial charge in [0.15, 0.2) is 0 Å². The maximum Gasteiger partial charge on any atom is 0.240 e. The zero-order valence-electron chi connectivity index (χ0n) is 9.01. The summed E-state index contributed by atoms with van der Waals surface area (Å²) in [4.78, 5) is 7.90. The quantitative estimate of drug-likeness (QED) is 0.581. The lowest BCUT2D eigenvalue weighted by Crippen LogP contribution is -2.10. The SMILES string of the molecule is Cc1cc(Oc2ccnc(NN)n2)n(C)n1. The van der Waals surface area contributed by atoms with Crippen molar-refractivity contribution in [1.82, 2.24) is 19.7 Å². The zero-order valence-corrected chi connectivity index (χ0v) is 9.01. The summed E-state index contributed by atoms with van der Waals surface area (Å²) >= 11 is 0. The third-order valence-electron chi connectivity index (χ3n) is 1.93. The molecule has 0 aliphatic rings. The Morgan fingerprint density at radius 3 is 2.94 bits per heavy atom. The van der Waals surface area contributed by atoms with Gasteiger partial charge in [0, 0.05) is 25.4 Å². The van der Waals surface area contributed by atoms with Crippen LogP contribution < -0.4 is 16.0 Å². The molecule has 0 bridgehead atoms. The smallest absolute Gasteiger partial charge is 0.240 e. The molecule has 0 aromatic carbocycles. The number of rotatable bonds is 3. The van der Waals surface area contributed by atoms with Gasteiger partial charge in [-0.1, -0.05) is 0 Å². The van der Waals surface area contributed by atoms with Crippen molar-refractivity contribution in [3.63, 3.8) is 0 Å². The largest absolute Gasteiger partial charge is 0.421 e. The van der Waals surface area contributed by atoms with Crippen molar-refractivity contribution >= 4 is 5.95 Å². The maximum atomic E-state index is 5.53. The molecule has 0 atom stereocenters. The molecule has 0 saturated heterocycles. The van der Waals surface area contributed by atoms with E-state index < -0.39 is 0 Å². The van der Waals surface area contributed by atoms with Gasteiger partial charge in [0.25, 0.3) is 0 Å². The van der Waals surface area contributed by atoms with Crippen LogP contribution in [0.1, 0.15) is 5.69 Å². The standard InChI is InChI=1S/C9H12N6O/c1-6-5-8(15(2)14-6)16-7-3-4-11-9(12-7)13-10/h3-5H,10H2,1-2H3,(H,11,12,13). The Kier molecular flexibility index (Phi) is 2.69. The molecule has 0 saturated carbocycles. The van der Waals surface area contributed by atoms with Crippen LogP contribution in [0, 0.1) is 6.92 Å².